The van der Waals surface area contributed by atoms with Gasteiger partial charge in [-0.25, -0.2) is 12.8 Å². The highest BCUT2D eigenvalue weighted by atomic mass is 32.2. The minimum Gasteiger partial charge on any atom is -0.493 e. The molecule has 1 unspecified atom stereocenters. The molecule has 3 aromatic carbocycles. The highest BCUT2D eigenvalue weighted by Gasteiger charge is 2.34. The molecule has 11 heteroatoms. The first-order valence-corrected chi connectivity index (χ1v) is 15.2. The number of methoxy groups -OCH3 is 2. The predicted octanol–water partition coefficient (Wildman–Crippen LogP) is 4.51. The summed E-state index contributed by atoms with van der Waals surface area (Å²) in [7, 11) is -1.38. The van der Waals surface area contributed by atoms with Crippen LogP contribution in [0, 0.1) is 5.82 Å². The molecule has 1 aliphatic carbocycles. The average molecular weight is 598 g/mol. The van der Waals surface area contributed by atoms with Gasteiger partial charge in [0.15, 0.2) is 11.5 Å². The van der Waals surface area contributed by atoms with E-state index in [4.69, 9.17) is 9.47 Å². The molecule has 1 N–H and O–H groups in total. The first-order chi connectivity index (χ1) is 20.1. The molecule has 224 valence electrons. The van der Waals surface area contributed by atoms with E-state index in [2.05, 4.69) is 5.32 Å². The fourth-order valence-corrected chi connectivity index (χ4v) is 6.44. The van der Waals surface area contributed by atoms with Gasteiger partial charge in [0.2, 0.25) is 11.8 Å². The molecule has 42 heavy (non-hydrogen) atoms. The molecule has 0 bridgehead atoms. The Morgan fingerprint density at radius 2 is 1.60 bits per heavy atom. The van der Waals surface area contributed by atoms with Crippen molar-refractivity contribution in [3.8, 4) is 11.5 Å². The largest absolute Gasteiger partial charge is 0.493 e. The van der Waals surface area contributed by atoms with Gasteiger partial charge in [0.1, 0.15) is 18.4 Å². The maximum atomic E-state index is 14.7. The van der Waals surface area contributed by atoms with Crippen LogP contribution < -0.4 is 19.1 Å². The SMILES string of the molecule is COc1ccc(N(CC(=O)N(Cc2ccccc2F)C(C)C(=O)NC2CCCC2)S(=O)(=O)c2ccccc2)cc1OC. The molecule has 0 spiro atoms. The van der Waals surface area contributed by atoms with Gasteiger partial charge in [-0.2, -0.15) is 0 Å². The van der Waals surface area contributed by atoms with Gasteiger partial charge in [-0.15, -0.1) is 0 Å². The molecule has 3 aromatic rings. The van der Waals surface area contributed by atoms with E-state index in [0.29, 0.717) is 5.75 Å². The molecule has 0 saturated heterocycles. The van der Waals surface area contributed by atoms with Crippen molar-refractivity contribution in [2.24, 2.45) is 0 Å². The third kappa shape index (κ3) is 7.02. The van der Waals surface area contributed by atoms with Crippen LogP contribution in [0.5, 0.6) is 11.5 Å². The number of nitrogens with one attached hydrogen (secondary N) is 1. The number of ether oxygens (including phenoxy) is 2. The van der Waals surface area contributed by atoms with Crippen LogP contribution >= 0.6 is 0 Å². The topological polar surface area (TPSA) is 105 Å². The lowest BCUT2D eigenvalue weighted by molar-refractivity contribution is -0.139. The quantitative estimate of drug-likeness (QED) is 0.329. The van der Waals surface area contributed by atoms with Crippen molar-refractivity contribution in [1.82, 2.24) is 10.2 Å². The van der Waals surface area contributed by atoms with Crippen molar-refractivity contribution < 1.29 is 31.9 Å². The summed E-state index contributed by atoms with van der Waals surface area (Å²) in [6.45, 7) is 0.688. The van der Waals surface area contributed by atoms with E-state index in [1.54, 1.807) is 37.3 Å². The number of benzene rings is 3. The van der Waals surface area contributed by atoms with E-state index < -0.39 is 34.3 Å². The normalized spacial score (nSPS) is 14.2. The minimum atomic E-state index is -4.26. The van der Waals surface area contributed by atoms with Gasteiger partial charge >= 0.3 is 0 Å². The molecule has 1 saturated carbocycles. The molecule has 9 nitrogen and oxygen atoms in total. The Kier molecular flexibility index (Phi) is 10.1. The van der Waals surface area contributed by atoms with Crippen LogP contribution in [0.25, 0.3) is 0 Å². The summed E-state index contributed by atoms with van der Waals surface area (Å²) < 4.78 is 54.2. The third-order valence-electron chi connectivity index (χ3n) is 7.43. The van der Waals surface area contributed by atoms with Crippen LogP contribution in [0.15, 0.2) is 77.7 Å². The molecule has 0 radical (unpaired) electrons. The molecule has 0 aromatic heterocycles. The van der Waals surface area contributed by atoms with Crippen molar-refractivity contribution in [3.63, 3.8) is 0 Å². The summed E-state index contributed by atoms with van der Waals surface area (Å²) in [6.07, 6.45) is 3.72. The van der Waals surface area contributed by atoms with E-state index in [1.807, 2.05) is 0 Å². The predicted molar refractivity (Wildman–Crippen MR) is 157 cm³/mol. The molecule has 4 rings (SSSR count). The molecule has 0 aliphatic heterocycles. The molecular weight excluding hydrogens is 561 g/mol. The van der Waals surface area contributed by atoms with Gasteiger partial charge in [-0.05, 0) is 50.1 Å². The smallest absolute Gasteiger partial charge is 0.264 e. The first-order valence-electron chi connectivity index (χ1n) is 13.8. The fraction of sp³-hybridized carbons (Fsp3) is 0.355. The molecule has 1 atom stereocenters. The monoisotopic (exact) mass is 597 g/mol. The summed E-state index contributed by atoms with van der Waals surface area (Å²) >= 11 is 0. The Morgan fingerprint density at radius 1 is 0.952 bits per heavy atom. The Labute approximate surface area is 246 Å². The van der Waals surface area contributed by atoms with Gasteiger partial charge in [0, 0.05) is 24.2 Å². The van der Waals surface area contributed by atoms with E-state index >= 15 is 0 Å². The van der Waals surface area contributed by atoms with E-state index in [-0.39, 0.29) is 40.4 Å². The van der Waals surface area contributed by atoms with Crippen LogP contribution in [-0.4, -0.2) is 58.0 Å². The zero-order valence-electron chi connectivity index (χ0n) is 24.0. The van der Waals surface area contributed by atoms with Gasteiger partial charge in [0.05, 0.1) is 24.8 Å². The number of amides is 2. The van der Waals surface area contributed by atoms with Crippen molar-refractivity contribution in [3.05, 3.63) is 84.2 Å². The number of sulfonamides is 1. The second kappa shape index (κ2) is 13.7. The number of hydrogen-bond donors (Lipinski definition) is 1. The Hall–Kier alpha value is -4.12. The van der Waals surface area contributed by atoms with Crippen LogP contribution in [0.3, 0.4) is 0 Å². The van der Waals surface area contributed by atoms with Crippen LogP contribution in [-0.2, 0) is 26.2 Å². The molecular formula is C31H36FN3O6S. The standard InChI is InChI=1S/C31H36FN3O6S/c1-22(31(37)33-24-12-8-9-13-24)34(20-23-11-7-10-16-27(23)32)30(36)21-35(42(38,39)26-14-5-4-6-15-26)25-17-18-28(40-2)29(19-25)41-3/h4-7,10-11,14-19,22,24H,8-9,12-13,20-21H2,1-3H3,(H,33,37). The second-order valence-corrected chi connectivity index (χ2v) is 12.0. The lowest BCUT2D eigenvalue weighted by atomic mass is 10.1. The third-order valence-corrected chi connectivity index (χ3v) is 9.22. The van der Waals surface area contributed by atoms with Gasteiger partial charge in [0.25, 0.3) is 10.0 Å². The van der Waals surface area contributed by atoms with Gasteiger partial charge < -0.3 is 19.7 Å². The zero-order chi connectivity index (χ0) is 30.3. The molecule has 0 heterocycles. The Balaban J connectivity index is 1.73. The molecule has 1 aliphatic rings. The lowest BCUT2D eigenvalue weighted by Gasteiger charge is -2.32. The van der Waals surface area contributed by atoms with Crippen LogP contribution in [0.1, 0.15) is 38.2 Å². The van der Waals surface area contributed by atoms with E-state index in [0.717, 1.165) is 30.0 Å². The van der Waals surface area contributed by atoms with Gasteiger partial charge in [-0.1, -0.05) is 49.2 Å². The Morgan fingerprint density at radius 3 is 2.24 bits per heavy atom. The van der Waals surface area contributed by atoms with Crippen LogP contribution in [0.4, 0.5) is 10.1 Å². The van der Waals surface area contributed by atoms with Crippen molar-refractivity contribution in [2.45, 2.75) is 56.1 Å². The van der Waals surface area contributed by atoms with Crippen molar-refractivity contribution >= 4 is 27.5 Å². The average Bonchev–Trinajstić information content (AvgIpc) is 3.52. The summed E-state index contributed by atoms with van der Waals surface area (Å²) in [5, 5.41) is 2.99. The summed E-state index contributed by atoms with van der Waals surface area (Å²) in [6, 6.07) is 17.2. The number of nitrogens with zero attached hydrogens (tertiary/aromatic N) is 2. The Bertz CT molecular complexity index is 1500. The number of anilines is 1. The second-order valence-electron chi connectivity index (χ2n) is 10.1. The maximum absolute atomic E-state index is 14.7. The summed E-state index contributed by atoms with van der Waals surface area (Å²) in [5.41, 5.74) is 0.355. The molecule has 1 fully saturated rings. The number of carbonyl (C=O) groups is 2. The molecule has 2 amide bonds. The van der Waals surface area contributed by atoms with Crippen LogP contribution in [0.2, 0.25) is 0 Å². The number of rotatable bonds is 12. The summed E-state index contributed by atoms with van der Waals surface area (Å²) in [4.78, 5) is 28.5. The maximum Gasteiger partial charge on any atom is 0.264 e. The number of hydrogen-bond acceptors (Lipinski definition) is 6. The summed E-state index contributed by atoms with van der Waals surface area (Å²) in [5.74, 6) is -0.949. The number of halogens is 1. The van der Waals surface area contributed by atoms with Crippen molar-refractivity contribution in [1.29, 1.82) is 0 Å². The first kappa shape index (κ1) is 30.8. The van der Waals surface area contributed by atoms with Gasteiger partial charge in [-0.3, -0.25) is 13.9 Å². The minimum absolute atomic E-state index is 0.00656. The lowest BCUT2D eigenvalue weighted by Crippen LogP contribution is -2.52. The highest BCUT2D eigenvalue weighted by Crippen LogP contribution is 2.34. The van der Waals surface area contributed by atoms with E-state index in [9.17, 15) is 22.4 Å². The zero-order valence-corrected chi connectivity index (χ0v) is 24.8. The van der Waals surface area contributed by atoms with Crippen molar-refractivity contribution in [2.75, 3.05) is 25.1 Å². The highest BCUT2D eigenvalue weighted by molar-refractivity contribution is 7.92. The van der Waals surface area contributed by atoms with E-state index in [1.165, 1.54) is 61.6 Å². The fourth-order valence-electron chi connectivity index (χ4n) is 5.01. The number of carbonyl (C=O) groups excluding carboxylic acids is 2.